The number of sulfonamides is 1. The lowest BCUT2D eigenvalue weighted by Crippen LogP contribution is -2.34. The molecule has 3 rings (SSSR count). The van der Waals surface area contributed by atoms with Crippen molar-refractivity contribution in [3.05, 3.63) is 18.2 Å². The summed E-state index contributed by atoms with van der Waals surface area (Å²) in [7, 11) is -3.49. The first-order chi connectivity index (χ1) is 13.0. The first kappa shape index (κ1) is 22.0. The van der Waals surface area contributed by atoms with Crippen LogP contribution in [0.25, 0.3) is 0 Å². The van der Waals surface area contributed by atoms with Crippen molar-refractivity contribution < 1.29 is 8.42 Å². The van der Waals surface area contributed by atoms with Crippen LogP contribution in [-0.2, 0) is 10.0 Å². The van der Waals surface area contributed by atoms with Crippen molar-refractivity contribution in [2.45, 2.75) is 76.5 Å². The van der Waals surface area contributed by atoms with E-state index in [1.807, 2.05) is 12.1 Å². The van der Waals surface area contributed by atoms with Gasteiger partial charge in [-0.15, -0.1) is 0 Å². The van der Waals surface area contributed by atoms with Crippen LogP contribution in [-0.4, -0.2) is 38.9 Å². The molecule has 27 heavy (non-hydrogen) atoms. The third-order valence-corrected chi connectivity index (χ3v) is 7.04. The minimum Gasteiger partial charge on any atom is -0.399 e. The Kier molecular flexibility index (Phi) is 8.90. The van der Waals surface area contributed by atoms with Crippen LogP contribution in [0.1, 0.15) is 71.6 Å². The third kappa shape index (κ3) is 6.11. The Morgan fingerprint density at radius 3 is 1.85 bits per heavy atom. The van der Waals surface area contributed by atoms with Gasteiger partial charge in [0, 0.05) is 31.9 Å². The fraction of sp³-hybridized carbons (Fsp3) is 0.714. The summed E-state index contributed by atoms with van der Waals surface area (Å²) in [5.74, 6) is 0. The number of hydrogen-bond donors (Lipinski definition) is 1. The van der Waals surface area contributed by atoms with Gasteiger partial charge in [-0.2, -0.15) is 4.31 Å². The summed E-state index contributed by atoms with van der Waals surface area (Å²) >= 11 is 0. The molecule has 0 radical (unpaired) electrons. The van der Waals surface area contributed by atoms with Gasteiger partial charge in [-0.1, -0.05) is 46.0 Å². The number of rotatable bonds is 3. The number of anilines is 2. The molecule has 0 atom stereocenters. The van der Waals surface area contributed by atoms with E-state index in [0.717, 1.165) is 57.3 Å². The molecule has 6 heteroatoms. The molecule has 0 bridgehead atoms. The van der Waals surface area contributed by atoms with Gasteiger partial charge in [-0.25, -0.2) is 8.42 Å². The van der Waals surface area contributed by atoms with Gasteiger partial charge in [0.15, 0.2) is 0 Å². The van der Waals surface area contributed by atoms with E-state index in [9.17, 15) is 8.42 Å². The van der Waals surface area contributed by atoms with Gasteiger partial charge in [-0.05, 0) is 43.9 Å². The summed E-state index contributed by atoms with van der Waals surface area (Å²) in [5.41, 5.74) is 7.29. The van der Waals surface area contributed by atoms with Gasteiger partial charge < -0.3 is 10.6 Å². The molecular formula is C21H37N3O2S. The molecule has 2 heterocycles. The molecule has 2 aliphatic rings. The minimum atomic E-state index is -3.49. The maximum atomic E-state index is 13.3. The lowest BCUT2D eigenvalue weighted by atomic mass is 10.2. The molecule has 0 saturated carbocycles. The van der Waals surface area contributed by atoms with Crippen molar-refractivity contribution in [2.75, 3.05) is 36.8 Å². The Morgan fingerprint density at radius 1 is 0.852 bits per heavy atom. The topological polar surface area (TPSA) is 66.6 Å². The van der Waals surface area contributed by atoms with Gasteiger partial charge in [0.05, 0.1) is 5.69 Å². The van der Waals surface area contributed by atoms with E-state index < -0.39 is 10.0 Å². The second kappa shape index (κ2) is 10.9. The number of nitrogens with zero attached hydrogens (tertiary/aromatic N) is 2. The first-order valence-corrected chi connectivity index (χ1v) is 12.1. The van der Waals surface area contributed by atoms with Crippen molar-refractivity contribution in [3.63, 3.8) is 0 Å². The Hall–Kier alpha value is -1.27. The fourth-order valence-corrected chi connectivity index (χ4v) is 5.49. The van der Waals surface area contributed by atoms with E-state index in [1.165, 1.54) is 19.3 Å². The molecular weight excluding hydrogens is 358 g/mol. The maximum Gasteiger partial charge on any atom is 0.245 e. The van der Waals surface area contributed by atoms with E-state index in [4.69, 9.17) is 5.73 Å². The summed E-state index contributed by atoms with van der Waals surface area (Å²) in [4.78, 5) is 2.63. The molecule has 2 aliphatic heterocycles. The molecule has 154 valence electrons. The normalized spacial score (nSPS) is 19.6. The Balaban J connectivity index is 0.000000817. The lowest BCUT2D eigenvalue weighted by Gasteiger charge is -2.28. The SMILES string of the molecule is CCC.Nc1ccc(N2CCCCCC2)c(S(=O)(=O)N2CCCCCC2)c1. The summed E-state index contributed by atoms with van der Waals surface area (Å²) in [6.45, 7) is 7.34. The molecule has 2 N–H and O–H groups in total. The zero-order chi connectivity index (χ0) is 19.7. The largest absolute Gasteiger partial charge is 0.399 e. The Morgan fingerprint density at radius 2 is 1.33 bits per heavy atom. The van der Waals surface area contributed by atoms with Crippen LogP contribution in [0.5, 0.6) is 0 Å². The van der Waals surface area contributed by atoms with Crippen LogP contribution < -0.4 is 10.6 Å². The van der Waals surface area contributed by atoms with E-state index in [2.05, 4.69) is 18.7 Å². The number of benzene rings is 1. The molecule has 2 saturated heterocycles. The van der Waals surface area contributed by atoms with Crippen LogP contribution in [0.15, 0.2) is 23.1 Å². The highest BCUT2D eigenvalue weighted by Crippen LogP contribution is 2.32. The number of nitrogen functional groups attached to an aromatic ring is 1. The second-order valence-corrected chi connectivity index (χ2v) is 9.56. The minimum absolute atomic E-state index is 0.395. The van der Waals surface area contributed by atoms with Gasteiger partial charge in [0.2, 0.25) is 10.0 Å². The molecule has 0 unspecified atom stereocenters. The van der Waals surface area contributed by atoms with Gasteiger partial charge >= 0.3 is 0 Å². The van der Waals surface area contributed by atoms with Crippen molar-refractivity contribution >= 4 is 21.4 Å². The van der Waals surface area contributed by atoms with Crippen LogP contribution in [0.4, 0.5) is 11.4 Å². The van der Waals surface area contributed by atoms with Crippen molar-refractivity contribution in [3.8, 4) is 0 Å². The third-order valence-electron chi connectivity index (χ3n) is 5.11. The molecule has 2 fully saturated rings. The highest BCUT2D eigenvalue weighted by molar-refractivity contribution is 7.89. The van der Waals surface area contributed by atoms with Crippen LogP contribution in [0.3, 0.4) is 0 Å². The Labute approximate surface area is 166 Å². The van der Waals surface area contributed by atoms with Crippen molar-refractivity contribution in [2.24, 2.45) is 0 Å². The van der Waals surface area contributed by atoms with Gasteiger partial charge in [0.1, 0.15) is 4.90 Å². The summed E-state index contributed by atoms with van der Waals surface area (Å²) in [5, 5.41) is 0. The molecule has 0 aliphatic carbocycles. The van der Waals surface area contributed by atoms with Crippen LogP contribution in [0, 0.1) is 0 Å². The standard InChI is InChI=1S/C18H29N3O2S.C3H8/c19-16-9-10-17(20-11-5-1-2-6-12-20)18(15-16)24(22,23)21-13-7-3-4-8-14-21;1-3-2/h9-10,15H,1-8,11-14,19H2;3H2,1-2H3. The van der Waals surface area contributed by atoms with Gasteiger partial charge in [-0.3, -0.25) is 0 Å². The predicted molar refractivity (Wildman–Crippen MR) is 115 cm³/mol. The molecule has 0 aromatic heterocycles. The molecule has 0 spiro atoms. The maximum absolute atomic E-state index is 13.3. The summed E-state index contributed by atoms with van der Waals surface area (Å²) in [6, 6.07) is 5.37. The molecule has 1 aromatic rings. The van der Waals surface area contributed by atoms with Crippen molar-refractivity contribution in [1.29, 1.82) is 0 Å². The molecule has 0 amide bonds. The summed E-state index contributed by atoms with van der Waals surface area (Å²) in [6.07, 6.45) is 10.0. The highest BCUT2D eigenvalue weighted by Gasteiger charge is 2.29. The molecule has 5 nitrogen and oxygen atoms in total. The lowest BCUT2D eigenvalue weighted by molar-refractivity contribution is 0.423. The highest BCUT2D eigenvalue weighted by atomic mass is 32.2. The monoisotopic (exact) mass is 395 g/mol. The van der Waals surface area contributed by atoms with E-state index in [1.54, 1.807) is 10.4 Å². The van der Waals surface area contributed by atoms with E-state index in [-0.39, 0.29) is 0 Å². The summed E-state index contributed by atoms with van der Waals surface area (Å²) < 4.78 is 28.2. The van der Waals surface area contributed by atoms with Crippen LogP contribution >= 0.6 is 0 Å². The Bertz CT molecular complexity index is 660. The first-order valence-electron chi connectivity index (χ1n) is 10.6. The average molecular weight is 396 g/mol. The van der Waals surface area contributed by atoms with Gasteiger partial charge in [0.25, 0.3) is 0 Å². The smallest absolute Gasteiger partial charge is 0.245 e. The zero-order valence-electron chi connectivity index (χ0n) is 17.1. The van der Waals surface area contributed by atoms with Crippen LogP contribution in [0.2, 0.25) is 0 Å². The quantitative estimate of drug-likeness (QED) is 0.758. The number of hydrogen-bond acceptors (Lipinski definition) is 4. The average Bonchev–Trinajstić information content (AvgIpc) is 3.08. The van der Waals surface area contributed by atoms with E-state index in [0.29, 0.717) is 23.7 Å². The molecule has 1 aromatic carbocycles. The number of nitrogens with two attached hydrogens (primary N) is 1. The van der Waals surface area contributed by atoms with E-state index >= 15 is 0 Å². The predicted octanol–water partition coefficient (Wildman–Crippen LogP) is 4.63. The van der Waals surface area contributed by atoms with Crippen molar-refractivity contribution in [1.82, 2.24) is 4.31 Å². The zero-order valence-corrected chi connectivity index (χ0v) is 17.9. The second-order valence-electron chi connectivity index (χ2n) is 7.65. The fourth-order valence-electron chi connectivity index (χ4n) is 3.73.